The van der Waals surface area contributed by atoms with E-state index in [4.69, 9.17) is 16.3 Å². The molecule has 0 atom stereocenters. The number of hydrogen-bond acceptors (Lipinski definition) is 3. The quantitative estimate of drug-likeness (QED) is 0.594. The number of anilines is 1. The Morgan fingerprint density at radius 1 is 1.43 bits per heavy atom. The average molecular weight is 311 g/mol. The summed E-state index contributed by atoms with van der Waals surface area (Å²) in [6.07, 6.45) is 1.63. The standard InChI is InChI=1S/C14H17ClN2O2.C2H6/c1-5-6-7-10-8-12(15)16-9-11(10)17-13(18)19-14(2,3)4;1-2/h8-9H,5H2,1-4H3,(H,17,18);1-2H3. The lowest BCUT2D eigenvalue weighted by Gasteiger charge is -2.19. The molecular weight excluding hydrogens is 288 g/mol. The van der Waals surface area contributed by atoms with E-state index >= 15 is 0 Å². The van der Waals surface area contributed by atoms with E-state index < -0.39 is 11.7 Å². The van der Waals surface area contributed by atoms with E-state index in [0.29, 0.717) is 22.8 Å². The molecule has 0 aliphatic heterocycles. The van der Waals surface area contributed by atoms with Crippen molar-refractivity contribution in [1.82, 2.24) is 4.98 Å². The highest BCUT2D eigenvalue weighted by atomic mass is 35.5. The first-order valence-electron chi connectivity index (χ1n) is 6.96. The fourth-order valence-corrected chi connectivity index (χ4v) is 1.39. The van der Waals surface area contributed by atoms with Gasteiger partial charge in [0.15, 0.2) is 0 Å². The number of carbonyl (C=O) groups excluding carboxylic acids is 1. The lowest BCUT2D eigenvalue weighted by molar-refractivity contribution is 0.0636. The molecule has 0 spiro atoms. The van der Waals surface area contributed by atoms with Crippen LogP contribution in [0.1, 0.15) is 53.5 Å². The van der Waals surface area contributed by atoms with Crippen LogP contribution in [0.5, 0.6) is 0 Å². The SMILES string of the molecule is CC.CCC#Cc1cc(Cl)ncc1NC(=O)OC(C)(C)C. The molecule has 0 aliphatic carbocycles. The largest absolute Gasteiger partial charge is 0.444 e. The zero-order chi connectivity index (χ0) is 16.5. The molecule has 1 aromatic heterocycles. The Hall–Kier alpha value is -1.73. The molecule has 0 aliphatic rings. The first-order valence-corrected chi connectivity index (χ1v) is 7.34. The second kappa shape index (κ2) is 9.25. The van der Waals surface area contributed by atoms with E-state index in [1.54, 1.807) is 26.8 Å². The van der Waals surface area contributed by atoms with Gasteiger partial charge in [0, 0.05) is 6.42 Å². The summed E-state index contributed by atoms with van der Waals surface area (Å²) < 4.78 is 5.17. The van der Waals surface area contributed by atoms with Crippen molar-refractivity contribution in [3.8, 4) is 11.8 Å². The fourth-order valence-electron chi connectivity index (χ4n) is 1.23. The molecule has 0 saturated heterocycles. The van der Waals surface area contributed by atoms with E-state index in [1.165, 1.54) is 6.20 Å². The van der Waals surface area contributed by atoms with E-state index in [1.807, 2.05) is 20.8 Å². The van der Waals surface area contributed by atoms with E-state index in [-0.39, 0.29) is 0 Å². The van der Waals surface area contributed by atoms with E-state index in [0.717, 1.165) is 0 Å². The van der Waals surface area contributed by atoms with Crippen LogP contribution in [0.4, 0.5) is 10.5 Å². The van der Waals surface area contributed by atoms with Crippen molar-refractivity contribution in [3.05, 3.63) is 23.0 Å². The summed E-state index contributed by atoms with van der Waals surface area (Å²) in [6, 6.07) is 1.61. The Bertz CT molecular complexity index is 525. The smallest absolute Gasteiger partial charge is 0.412 e. The van der Waals surface area contributed by atoms with Crippen molar-refractivity contribution in [3.63, 3.8) is 0 Å². The molecule has 21 heavy (non-hydrogen) atoms. The third-order valence-electron chi connectivity index (χ3n) is 1.91. The Morgan fingerprint density at radius 3 is 2.57 bits per heavy atom. The van der Waals surface area contributed by atoms with Crippen molar-refractivity contribution in [2.75, 3.05) is 5.32 Å². The van der Waals surface area contributed by atoms with Crippen LogP contribution < -0.4 is 5.32 Å². The zero-order valence-electron chi connectivity index (χ0n) is 13.5. The highest BCUT2D eigenvalue weighted by Gasteiger charge is 2.17. The van der Waals surface area contributed by atoms with Crippen LogP contribution in [0.3, 0.4) is 0 Å². The Labute approximate surface area is 132 Å². The maximum atomic E-state index is 11.7. The number of hydrogen-bond donors (Lipinski definition) is 1. The highest BCUT2D eigenvalue weighted by molar-refractivity contribution is 6.29. The average Bonchev–Trinajstić information content (AvgIpc) is 2.39. The molecule has 0 aromatic carbocycles. The summed E-state index contributed by atoms with van der Waals surface area (Å²) in [6.45, 7) is 11.3. The second-order valence-electron chi connectivity index (χ2n) is 4.83. The van der Waals surface area contributed by atoms with Crippen LogP contribution in [-0.4, -0.2) is 16.7 Å². The molecular formula is C16H23ClN2O2. The van der Waals surface area contributed by atoms with Crippen molar-refractivity contribution in [2.45, 2.75) is 53.6 Å². The molecule has 5 heteroatoms. The molecule has 1 amide bonds. The van der Waals surface area contributed by atoms with Gasteiger partial charge in [0.1, 0.15) is 10.8 Å². The van der Waals surface area contributed by atoms with Crippen LogP contribution in [-0.2, 0) is 4.74 Å². The van der Waals surface area contributed by atoms with Crippen LogP contribution in [0.15, 0.2) is 12.3 Å². The minimum absolute atomic E-state index is 0.329. The Kier molecular flexibility index (Phi) is 8.49. The minimum atomic E-state index is -0.556. The molecule has 4 nitrogen and oxygen atoms in total. The molecule has 1 N–H and O–H groups in total. The summed E-state index contributed by atoms with van der Waals surface area (Å²) in [4.78, 5) is 15.6. The van der Waals surface area contributed by atoms with Gasteiger partial charge in [-0.15, -0.1) is 0 Å². The molecule has 1 aromatic rings. The summed E-state index contributed by atoms with van der Waals surface area (Å²) in [5, 5.41) is 2.95. The number of ether oxygens (including phenoxy) is 1. The van der Waals surface area contributed by atoms with Gasteiger partial charge in [-0.1, -0.05) is 44.2 Å². The maximum Gasteiger partial charge on any atom is 0.412 e. The molecule has 0 bridgehead atoms. The molecule has 0 saturated carbocycles. The lowest BCUT2D eigenvalue weighted by Crippen LogP contribution is -2.27. The molecule has 116 valence electrons. The Morgan fingerprint density at radius 2 is 2.05 bits per heavy atom. The first-order chi connectivity index (χ1) is 9.81. The highest BCUT2D eigenvalue weighted by Crippen LogP contribution is 2.18. The van der Waals surface area contributed by atoms with Crippen LogP contribution >= 0.6 is 11.6 Å². The predicted molar refractivity (Wildman–Crippen MR) is 87.6 cm³/mol. The van der Waals surface area contributed by atoms with Gasteiger partial charge in [0.2, 0.25) is 0 Å². The number of pyridine rings is 1. The van der Waals surface area contributed by atoms with Gasteiger partial charge in [-0.3, -0.25) is 5.32 Å². The number of halogens is 1. The molecule has 1 rings (SSSR count). The summed E-state index contributed by atoms with van der Waals surface area (Å²) >= 11 is 5.82. The van der Waals surface area contributed by atoms with Crippen LogP contribution in [0.2, 0.25) is 5.15 Å². The molecule has 1 heterocycles. The Balaban J connectivity index is 0.00000191. The number of nitrogens with one attached hydrogen (secondary N) is 1. The first kappa shape index (κ1) is 19.3. The predicted octanol–water partition coefficient (Wildman–Crippen LogP) is 4.87. The van der Waals surface area contributed by atoms with Crippen LogP contribution in [0, 0.1) is 11.8 Å². The number of aromatic nitrogens is 1. The minimum Gasteiger partial charge on any atom is -0.444 e. The van der Waals surface area contributed by atoms with Crippen molar-refractivity contribution < 1.29 is 9.53 Å². The number of carbonyl (C=O) groups is 1. The monoisotopic (exact) mass is 310 g/mol. The van der Waals surface area contributed by atoms with Crippen molar-refractivity contribution in [1.29, 1.82) is 0 Å². The normalized spacial score (nSPS) is 9.67. The lowest BCUT2D eigenvalue weighted by atomic mass is 10.2. The third-order valence-corrected chi connectivity index (χ3v) is 2.11. The molecule has 0 radical (unpaired) electrons. The zero-order valence-corrected chi connectivity index (χ0v) is 14.3. The van der Waals surface area contributed by atoms with Gasteiger partial charge >= 0.3 is 6.09 Å². The van der Waals surface area contributed by atoms with Gasteiger partial charge < -0.3 is 4.74 Å². The van der Waals surface area contributed by atoms with Crippen molar-refractivity contribution >= 4 is 23.4 Å². The fraction of sp³-hybridized carbons (Fsp3) is 0.500. The number of nitrogens with zero attached hydrogens (tertiary/aromatic N) is 1. The van der Waals surface area contributed by atoms with Gasteiger partial charge in [-0.05, 0) is 26.8 Å². The summed E-state index contributed by atoms with van der Waals surface area (Å²) in [5.74, 6) is 5.85. The van der Waals surface area contributed by atoms with E-state index in [9.17, 15) is 4.79 Å². The van der Waals surface area contributed by atoms with Gasteiger partial charge in [0.25, 0.3) is 0 Å². The van der Waals surface area contributed by atoms with Gasteiger partial charge in [-0.2, -0.15) is 0 Å². The molecule has 0 unspecified atom stereocenters. The van der Waals surface area contributed by atoms with Crippen LogP contribution in [0.25, 0.3) is 0 Å². The molecule has 0 fully saturated rings. The number of rotatable bonds is 1. The topological polar surface area (TPSA) is 51.2 Å². The third kappa shape index (κ3) is 8.21. The second-order valence-corrected chi connectivity index (χ2v) is 5.22. The maximum absolute atomic E-state index is 11.7. The number of amides is 1. The van der Waals surface area contributed by atoms with E-state index in [2.05, 4.69) is 22.1 Å². The van der Waals surface area contributed by atoms with Crippen molar-refractivity contribution in [2.24, 2.45) is 0 Å². The van der Waals surface area contributed by atoms with Gasteiger partial charge in [0.05, 0.1) is 17.4 Å². The van der Waals surface area contributed by atoms with Gasteiger partial charge in [-0.25, -0.2) is 9.78 Å². The summed E-state index contributed by atoms with van der Waals surface area (Å²) in [7, 11) is 0. The summed E-state index contributed by atoms with van der Waals surface area (Å²) in [5.41, 5.74) is 0.548.